The van der Waals surface area contributed by atoms with Crippen LogP contribution in [-0.2, 0) is 22.1 Å². The molecule has 0 aliphatic heterocycles. The molecule has 0 fully saturated rings. The molecular formula is C14H22N2O2S. The lowest BCUT2D eigenvalue weighted by molar-refractivity contribution is -0.113. The molecule has 1 aromatic carbocycles. The van der Waals surface area contributed by atoms with Crippen molar-refractivity contribution in [2.75, 3.05) is 16.8 Å². The summed E-state index contributed by atoms with van der Waals surface area (Å²) in [5.74, 6) is 0.463. The fraction of sp³-hybridized carbons (Fsp3) is 0.500. The second-order valence-electron chi connectivity index (χ2n) is 4.45. The van der Waals surface area contributed by atoms with E-state index in [1.165, 1.54) is 0 Å². The lowest BCUT2D eigenvalue weighted by Crippen LogP contribution is -2.20. The lowest BCUT2D eigenvalue weighted by atomic mass is 10.2. The van der Waals surface area contributed by atoms with Crippen molar-refractivity contribution in [3.8, 4) is 0 Å². The molecule has 0 saturated heterocycles. The first-order chi connectivity index (χ1) is 9.15. The zero-order valence-corrected chi connectivity index (χ0v) is 12.2. The topological polar surface area (TPSA) is 72.2 Å². The van der Waals surface area contributed by atoms with Gasteiger partial charge in [-0.1, -0.05) is 31.9 Å². The maximum atomic E-state index is 11.7. The largest absolute Gasteiger partial charge is 0.326 e. The highest BCUT2D eigenvalue weighted by atomic mass is 32.2. The molecule has 0 radical (unpaired) electrons. The van der Waals surface area contributed by atoms with Crippen LogP contribution in [0.4, 0.5) is 5.69 Å². The molecular weight excluding hydrogens is 260 g/mol. The molecule has 1 amide bonds. The number of amides is 1. The molecule has 106 valence electrons. The first-order valence-corrected chi connectivity index (χ1v) is 8.08. The van der Waals surface area contributed by atoms with Gasteiger partial charge in [0.05, 0.1) is 0 Å². The van der Waals surface area contributed by atoms with Crippen LogP contribution in [0.25, 0.3) is 0 Å². The Morgan fingerprint density at radius 3 is 2.84 bits per heavy atom. The third-order valence-electron chi connectivity index (χ3n) is 2.71. The molecule has 0 aromatic heterocycles. The molecule has 1 aromatic rings. The summed E-state index contributed by atoms with van der Waals surface area (Å²) in [4.78, 5) is 11.7. The summed E-state index contributed by atoms with van der Waals surface area (Å²) in [5.41, 5.74) is 7.20. The Morgan fingerprint density at radius 2 is 2.16 bits per heavy atom. The zero-order valence-electron chi connectivity index (χ0n) is 11.4. The van der Waals surface area contributed by atoms with E-state index >= 15 is 0 Å². The minimum absolute atomic E-state index is 0.0660. The monoisotopic (exact) mass is 282 g/mol. The number of benzene rings is 1. The lowest BCUT2D eigenvalue weighted by Gasteiger charge is -2.06. The Balaban J connectivity index is 2.39. The average molecular weight is 282 g/mol. The summed E-state index contributed by atoms with van der Waals surface area (Å²) < 4.78 is 11.7. The standard InChI is InChI=1S/C14H22N2O2S/c1-2-3-4-8-19(18)11-14(17)16-13-7-5-6-12(9-13)10-15/h5-7,9H,2-4,8,10-11,15H2,1H3,(H,16,17). The average Bonchev–Trinajstić information content (AvgIpc) is 2.39. The number of nitrogens with one attached hydrogen (secondary N) is 1. The molecule has 0 spiro atoms. The van der Waals surface area contributed by atoms with Crippen LogP contribution >= 0.6 is 0 Å². The van der Waals surface area contributed by atoms with Crippen molar-refractivity contribution >= 4 is 22.4 Å². The molecule has 0 heterocycles. The van der Waals surface area contributed by atoms with Gasteiger partial charge in [0, 0.05) is 28.8 Å². The third-order valence-corrected chi connectivity index (χ3v) is 4.04. The number of rotatable bonds is 8. The van der Waals surface area contributed by atoms with Crippen LogP contribution in [0.5, 0.6) is 0 Å². The Bertz CT molecular complexity index is 435. The van der Waals surface area contributed by atoms with Gasteiger partial charge in [-0.15, -0.1) is 0 Å². The van der Waals surface area contributed by atoms with Crippen molar-refractivity contribution < 1.29 is 9.00 Å². The second kappa shape index (κ2) is 8.82. The molecule has 1 atom stereocenters. The fourth-order valence-electron chi connectivity index (χ4n) is 1.70. The number of nitrogens with two attached hydrogens (primary N) is 1. The SMILES string of the molecule is CCCCCS(=O)CC(=O)Nc1cccc(CN)c1. The van der Waals surface area contributed by atoms with Gasteiger partial charge in [-0.05, 0) is 24.1 Å². The van der Waals surface area contributed by atoms with Crippen LogP contribution in [0.1, 0.15) is 31.7 Å². The van der Waals surface area contributed by atoms with E-state index in [0.717, 1.165) is 24.8 Å². The minimum atomic E-state index is -1.07. The summed E-state index contributed by atoms with van der Waals surface area (Å²) in [6.45, 7) is 2.53. The quantitative estimate of drug-likeness (QED) is 0.717. The first-order valence-electron chi connectivity index (χ1n) is 6.59. The predicted octanol–water partition coefficient (Wildman–Crippen LogP) is 2.02. The number of unbranched alkanes of at least 4 members (excludes halogenated alkanes) is 2. The summed E-state index contributed by atoms with van der Waals surface area (Å²) in [6, 6.07) is 7.38. The maximum absolute atomic E-state index is 11.7. The zero-order chi connectivity index (χ0) is 14.1. The summed E-state index contributed by atoms with van der Waals surface area (Å²) in [6.07, 6.45) is 3.07. The van der Waals surface area contributed by atoms with E-state index in [2.05, 4.69) is 12.2 Å². The smallest absolute Gasteiger partial charge is 0.236 e. The van der Waals surface area contributed by atoms with Crippen molar-refractivity contribution in [2.45, 2.75) is 32.7 Å². The second-order valence-corrected chi connectivity index (χ2v) is 6.02. The van der Waals surface area contributed by atoms with E-state index in [1.807, 2.05) is 18.2 Å². The number of hydrogen-bond donors (Lipinski definition) is 2. The van der Waals surface area contributed by atoms with Gasteiger partial charge in [-0.2, -0.15) is 0 Å². The van der Waals surface area contributed by atoms with Crippen molar-refractivity contribution in [3.63, 3.8) is 0 Å². The predicted molar refractivity (Wildman–Crippen MR) is 80.4 cm³/mol. The third kappa shape index (κ3) is 6.50. The Morgan fingerprint density at radius 1 is 1.37 bits per heavy atom. The number of carbonyl (C=O) groups is 1. The van der Waals surface area contributed by atoms with Crippen LogP contribution in [0.2, 0.25) is 0 Å². The normalized spacial score (nSPS) is 12.1. The fourth-order valence-corrected chi connectivity index (χ4v) is 2.74. The van der Waals surface area contributed by atoms with E-state index in [1.54, 1.807) is 6.07 Å². The highest BCUT2D eigenvalue weighted by Gasteiger charge is 2.08. The molecule has 1 rings (SSSR count). The minimum Gasteiger partial charge on any atom is -0.326 e. The van der Waals surface area contributed by atoms with Gasteiger partial charge >= 0.3 is 0 Å². The summed E-state index contributed by atoms with van der Waals surface area (Å²) in [5, 5.41) is 2.75. The first kappa shape index (κ1) is 15.9. The van der Waals surface area contributed by atoms with Crippen molar-refractivity contribution in [1.82, 2.24) is 0 Å². The molecule has 0 bridgehead atoms. The van der Waals surface area contributed by atoms with Crippen molar-refractivity contribution in [1.29, 1.82) is 0 Å². The molecule has 0 aliphatic rings. The van der Waals surface area contributed by atoms with Crippen LogP contribution in [0, 0.1) is 0 Å². The highest BCUT2D eigenvalue weighted by molar-refractivity contribution is 7.85. The number of hydrogen-bond acceptors (Lipinski definition) is 3. The number of carbonyl (C=O) groups excluding carboxylic acids is 1. The van der Waals surface area contributed by atoms with E-state index in [9.17, 15) is 9.00 Å². The van der Waals surface area contributed by atoms with Gasteiger partial charge in [0.15, 0.2) is 0 Å². The van der Waals surface area contributed by atoms with Crippen LogP contribution in [0.15, 0.2) is 24.3 Å². The van der Waals surface area contributed by atoms with Gasteiger partial charge in [0.25, 0.3) is 0 Å². The number of anilines is 1. The summed E-state index contributed by atoms with van der Waals surface area (Å²) >= 11 is 0. The highest BCUT2D eigenvalue weighted by Crippen LogP contribution is 2.10. The van der Waals surface area contributed by atoms with E-state index in [4.69, 9.17) is 5.73 Å². The molecule has 4 nitrogen and oxygen atoms in total. The Labute approximate surface area is 117 Å². The molecule has 0 saturated carbocycles. The molecule has 19 heavy (non-hydrogen) atoms. The van der Waals surface area contributed by atoms with Crippen molar-refractivity contribution in [2.24, 2.45) is 5.73 Å². The Hall–Kier alpha value is -1.20. The van der Waals surface area contributed by atoms with E-state index in [0.29, 0.717) is 18.0 Å². The van der Waals surface area contributed by atoms with Gasteiger partial charge in [-0.25, -0.2) is 0 Å². The van der Waals surface area contributed by atoms with Crippen LogP contribution < -0.4 is 11.1 Å². The molecule has 1 unspecified atom stereocenters. The Kier molecular flexibility index (Phi) is 7.36. The van der Waals surface area contributed by atoms with Gasteiger partial charge in [0.2, 0.25) is 5.91 Å². The van der Waals surface area contributed by atoms with Crippen LogP contribution in [-0.4, -0.2) is 21.6 Å². The van der Waals surface area contributed by atoms with E-state index in [-0.39, 0.29) is 11.7 Å². The molecule has 3 N–H and O–H groups in total. The van der Waals surface area contributed by atoms with E-state index < -0.39 is 10.8 Å². The summed E-state index contributed by atoms with van der Waals surface area (Å²) in [7, 11) is -1.07. The molecule has 5 heteroatoms. The molecule has 0 aliphatic carbocycles. The van der Waals surface area contributed by atoms with Gasteiger partial charge in [0.1, 0.15) is 5.75 Å². The van der Waals surface area contributed by atoms with Crippen LogP contribution in [0.3, 0.4) is 0 Å². The maximum Gasteiger partial charge on any atom is 0.236 e. The van der Waals surface area contributed by atoms with Crippen molar-refractivity contribution in [3.05, 3.63) is 29.8 Å². The van der Waals surface area contributed by atoms with Gasteiger partial charge in [-0.3, -0.25) is 9.00 Å². The van der Waals surface area contributed by atoms with Gasteiger partial charge < -0.3 is 11.1 Å².